The topological polar surface area (TPSA) is 79.5 Å². The normalized spacial score (nSPS) is 11.7. The molecule has 0 heterocycles. The van der Waals surface area contributed by atoms with Gasteiger partial charge in [-0.05, 0) is 31.5 Å². The summed E-state index contributed by atoms with van der Waals surface area (Å²) in [6, 6.07) is 5.10. The number of rotatable bonds is 7. The predicted octanol–water partition coefficient (Wildman–Crippen LogP) is 1.78. The molecule has 22 heavy (non-hydrogen) atoms. The number of hydrogen-bond donors (Lipinski definition) is 3. The second-order valence-electron chi connectivity index (χ2n) is 4.45. The Morgan fingerprint density at radius 1 is 1.18 bits per heavy atom. The molecular weight excluding hydrogens is 296 g/mol. The van der Waals surface area contributed by atoms with Gasteiger partial charge in [-0.15, -0.1) is 0 Å². The van der Waals surface area contributed by atoms with Gasteiger partial charge < -0.3 is 20.7 Å². The second-order valence-corrected chi connectivity index (χ2v) is 4.45. The zero-order valence-electron chi connectivity index (χ0n) is 12.4. The number of likely N-dealkylation sites (N-methyl/N-ethyl adjacent to an activating group) is 1. The Morgan fingerprint density at radius 2 is 1.82 bits per heavy atom. The van der Waals surface area contributed by atoms with E-state index in [4.69, 9.17) is 0 Å². The molecule has 6 nitrogen and oxygen atoms in total. The molecule has 1 aromatic rings. The number of alkyl halides is 2. The second kappa shape index (κ2) is 8.81. The van der Waals surface area contributed by atoms with Gasteiger partial charge >= 0.3 is 12.6 Å². The SMILES string of the molecule is CCNC(=O)CNC(=O)NC(C)c1ccc(OC(F)F)cc1. The Hall–Kier alpha value is -2.38. The third-order valence-electron chi connectivity index (χ3n) is 2.74. The lowest BCUT2D eigenvalue weighted by Gasteiger charge is -2.15. The van der Waals surface area contributed by atoms with Crippen LogP contribution in [0, 0.1) is 0 Å². The Morgan fingerprint density at radius 3 is 2.36 bits per heavy atom. The number of urea groups is 1. The van der Waals surface area contributed by atoms with Crippen molar-refractivity contribution in [1.82, 2.24) is 16.0 Å². The number of hydrogen-bond acceptors (Lipinski definition) is 3. The largest absolute Gasteiger partial charge is 0.435 e. The van der Waals surface area contributed by atoms with Crippen LogP contribution >= 0.6 is 0 Å². The molecule has 0 aliphatic carbocycles. The van der Waals surface area contributed by atoms with Gasteiger partial charge in [0.1, 0.15) is 5.75 Å². The first-order valence-electron chi connectivity index (χ1n) is 6.78. The van der Waals surface area contributed by atoms with E-state index >= 15 is 0 Å². The van der Waals surface area contributed by atoms with Crippen LogP contribution in [0.4, 0.5) is 13.6 Å². The van der Waals surface area contributed by atoms with Crippen LogP contribution in [-0.2, 0) is 4.79 Å². The predicted molar refractivity (Wildman–Crippen MR) is 76.7 cm³/mol. The van der Waals surface area contributed by atoms with Crippen molar-refractivity contribution in [3.63, 3.8) is 0 Å². The molecule has 1 unspecified atom stereocenters. The minimum Gasteiger partial charge on any atom is -0.435 e. The third-order valence-corrected chi connectivity index (χ3v) is 2.74. The fourth-order valence-corrected chi connectivity index (χ4v) is 1.69. The van der Waals surface area contributed by atoms with Crippen molar-refractivity contribution in [1.29, 1.82) is 0 Å². The molecule has 0 fully saturated rings. The van der Waals surface area contributed by atoms with Crippen LogP contribution in [-0.4, -0.2) is 31.6 Å². The van der Waals surface area contributed by atoms with Crippen LogP contribution < -0.4 is 20.7 Å². The van der Waals surface area contributed by atoms with E-state index in [1.54, 1.807) is 26.0 Å². The summed E-state index contributed by atoms with van der Waals surface area (Å²) in [7, 11) is 0. The van der Waals surface area contributed by atoms with E-state index in [1.165, 1.54) is 12.1 Å². The first-order chi connectivity index (χ1) is 10.4. The number of amides is 3. The van der Waals surface area contributed by atoms with Crippen molar-refractivity contribution >= 4 is 11.9 Å². The molecule has 122 valence electrons. The van der Waals surface area contributed by atoms with E-state index in [1.807, 2.05) is 0 Å². The van der Waals surface area contributed by atoms with Crippen molar-refractivity contribution < 1.29 is 23.1 Å². The number of nitrogens with one attached hydrogen (secondary N) is 3. The van der Waals surface area contributed by atoms with Crippen molar-refractivity contribution in [2.24, 2.45) is 0 Å². The van der Waals surface area contributed by atoms with Crippen LogP contribution in [0.5, 0.6) is 5.75 Å². The average molecular weight is 315 g/mol. The molecule has 0 saturated carbocycles. The maximum atomic E-state index is 12.0. The maximum absolute atomic E-state index is 12.0. The van der Waals surface area contributed by atoms with Gasteiger partial charge in [0.25, 0.3) is 0 Å². The molecule has 3 N–H and O–H groups in total. The van der Waals surface area contributed by atoms with Crippen LogP contribution in [0.3, 0.4) is 0 Å². The summed E-state index contributed by atoms with van der Waals surface area (Å²) in [5, 5.41) is 7.61. The summed E-state index contributed by atoms with van der Waals surface area (Å²) in [5.41, 5.74) is 0.717. The molecular formula is C14H19F2N3O3. The first kappa shape index (κ1) is 17.7. The zero-order chi connectivity index (χ0) is 16.5. The smallest absolute Gasteiger partial charge is 0.387 e. The first-order valence-corrected chi connectivity index (χ1v) is 6.78. The Kier molecular flexibility index (Phi) is 7.07. The summed E-state index contributed by atoms with van der Waals surface area (Å²) in [4.78, 5) is 22.8. The lowest BCUT2D eigenvalue weighted by atomic mass is 10.1. The fraction of sp³-hybridized carbons (Fsp3) is 0.429. The van der Waals surface area contributed by atoms with E-state index in [0.29, 0.717) is 6.54 Å². The quantitative estimate of drug-likeness (QED) is 0.717. The van der Waals surface area contributed by atoms with Crippen molar-refractivity contribution in [3.05, 3.63) is 29.8 Å². The highest BCUT2D eigenvalue weighted by molar-refractivity contribution is 5.83. The van der Waals surface area contributed by atoms with Gasteiger partial charge in [-0.1, -0.05) is 12.1 Å². The van der Waals surface area contributed by atoms with Crippen LogP contribution in [0.2, 0.25) is 0 Å². The summed E-state index contributed by atoms with van der Waals surface area (Å²) in [5.74, 6) is -0.231. The van der Waals surface area contributed by atoms with Crippen LogP contribution in [0.25, 0.3) is 0 Å². The standard InChI is InChI=1S/C14H19F2N3O3/c1-3-17-12(20)8-18-14(21)19-9(2)10-4-6-11(7-5-10)22-13(15)16/h4-7,9,13H,3,8H2,1-2H3,(H,17,20)(H2,18,19,21). The van der Waals surface area contributed by atoms with Gasteiger partial charge in [0.2, 0.25) is 5.91 Å². The Balaban J connectivity index is 2.45. The van der Waals surface area contributed by atoms with Crippen molar-refractivity contribution in [3.8, 4) is 5.75 Å². The maximum Gasteiger partial charge on any atom is 0.387 e. The molecule has 1 rings (SSSR count). The molecule has 0 spiro atoms. The molecule has 3 amide bonds. The minimum atomic E-state index is -2.87. The van der Waals surface area contributed by atoms with Crippen LogP contribution in [0.1, 0.15) is 25.5 Å². The average Bonchev–Trinajstić information content (AvgIpc) is 2.45. The number of ether oxygens (including phenoxy) is 1. The van der Waals surface area contributed by atoms with Gasteiger partial charge in [0.15, 0.2) is 0 Å². The molecule has 0 saturated heterocycles. The lowest BCUT2D eigenvalue weighted by molar-refractivity contribution is -0.120. The molecule has 1 atom stereocenters. The van der Waals surface area contributed by atoms with E-state index in [0.717, 1.165) is 5.56 Å². The Labute approximate surface area is 127 Å². The highest BCUT2D eigenvalue weighted by Crippen LogP contribution is 2.18. The number of carbonyl (C=O) groups excluding carboxylic acids is 2. The van der Waals surface area contributed by atoms with Gasteiger partial charge in [-0.2, -0.15) is 8.78 Å². The summed E-state index contributed by atoms with van der Waals surface area (Å²) in [6.45, 7) is 1.01. The van der Waals surface area contributed by atoms with Gasteiger partial charge in [-0.25, -0.2) is 4.79 Å². The van der Waals surface area contributed by atoms with E-state index in [-0.39, 0.29) is 24.2 Å². The lowest BCUT2D eigenvalue weighted by Crippen LogP contribution is -2.42. The molecule has 0 radical (unpaired) electrons. The van der Waals surface area contributed by atoms with E-state index in [2.05, 4.69) is 20.7 Å². The van der Waals surface area contributed by atoms with E-state index < -0.39 is 12.6 Å². The summed E-state index contributed by atoms with van der Waals surface area (Å²) in [6.07, 6.45) is 0. The zero-order valence-corrected chi connectivity index (χ0v) is 12.4. The highest BCUT2D eigenvalue weighted by Gasteiger charge is 2.11. The van der Waals surface area contributed by atoms with Crippen molar-refractivity contribution in [2.45, 2.75) is 26.5 Å². The monoisotopic (exact) mass is 315 g/mol. The van der Waals surface area contributed by atoms with Gasteiger partial charge in [0, 0.05) is 6.54 Å². The van der Waals surface area contributed by atoms with Gasteiger partial charge in [0.05, 0.1) is 12.6 Å². The number of carbonyl (C=O) groups is 2. The molecule has 8 heteroatoms. The highest BCUT2D eigenvalue weighted by atomic mass is 19.3. The molecule has 0 bridgehead atoms. The van der Waals surface area contributed by atoms with Crippen LogP contribution in [0.15, 0.2) is 24.3 Å². The molecule has 0 aliphatic heterocycles. The molecule has 1 aromatic carbocycles. The molecule has 0 aliphatic rings. The number of benzene rings is 1. The summed E-state index contributed by atoms with van der Waals surface area (Å²) < 4.78 is 28.3. The summed E-state index contributed by atoms with van der Waals surface area (Å²) >= 11 is 0. The minimum absolute atomic E-state index is 0.0478. The molecule has 0 aromatic heterocycles. The van der Waals surface area contributed by atoms with E-state index in [9.17, 15) is 18.4 Å². The number of halogens is 2. The Bertz CT molecular complexity index is 495. The fourth-order valence-electron chi connectivity index (χ4n) is 1.69. The van der Waals surface area contributed by atoms with Gasteiger partial charge in [-0.3, -0.25) is 4.79 Å². The third kappa shape index (κ3) is 6.38. The van der Waals surface area contributed by atoms with Crippen molar-refractivity contribution in [2.75, 3.05) is 13.1 Å².